The highest BCUT2D eigenvalue weighted by molar-refractivity contribution is 5.88. The van der Waals surface area contributed by atoms with Crippen molar-refractivity contribution in [1.29, 1.82) is 5.26 Å². The van der Waals surface area contributed by atoms with Gasteiger partial charge in [-0.25, -0.2) is 24.9 Å². The lowest BCUT2D eigenvalue weighted by molar-refractivity contribution is 1.07. The second-order valence-corrected chi connectivity index (χ2v) is 14.4. The summed E-state index contributed by atoms with van der Waals surface area (Å²) in [5.41, 5.74) is 11.2. The van der Waals surface area contributed by atoms with Gasteiger partial charge in [0.1, 0.15) is 0 Å². The summed E-state index contributed by atoms with van der Waals surface area (Å²) in [4.78, 5) is 24.7. The maximum absolute atomic E-state index is 9.87. The fourth-order valence-corrected chi connectivity index (χ4v) is 7.44. The second kappa shape index (κ2) is 16.9. The second-order valence-electron chi connectivity index (χ2n) is 14.4. The Kier molecular flexibility index (Phi) is 8.79. The molecule has 0 aliphatic carbocycles. The van der Waals surface area contributed by atoms with Crippen molar-refractivity contribution in [3.63, 3.8) is 0 Å². The van der Waals surface area contributed by atoms with Crippen molar-refractivity contribution in [1.82, 2.24) is 24.9 Å². The van der Waals surface area contributed by atoms with Crippen LogP contribution >= 0.6 is 0 Å². The lowest BCUT2D eigenvalue weighted by Crippen LogP contribution is -2.00. The molecule has 0 radical (unpaired) electrons. The zero-order chi connectivity index (χ0) is 46.0. The van der Waals surface area contributed by atoms with Gasteiger partial charge < -0.3 is 0 Å². The highest BCUT2D eigenvalue weighted by atomic mass is 15.0. The Hall–Kier alpha value is -8.66. The number of rotatable bonds is 9. The number of benzene rings is 8. The van der Waals surface area contributed by atoms with E-state index in [-0.39, 0.29) is 23.0 Å². The van der Waals surface area contributed by atoms with Crippen LogP contribution in [0.5, 0.6) is 0 Å². The predicted octanol–water partition coefficient (Wildman–Crippen LogP) is 13.5. The zero-order valence-corrected chi connectivity index (χ0v) is 33.1. The average Bonchev–Trinajstić information content (AvgIpc) is 3.40. The van der Waals surface area contributed by atoms with Gasteiger partial charge in [-0.15, -0.1) is 0 Å². The Morgan fingerprint density at radius 2 is 0.839 bits per heavy atom. The van der Waals surface area contributed by atoms with Crippen LogP contribution in [0, 0.1) is 11.3 Å². The van der Waals surface area contributed by atoms with Crippen LogP contribution < -0.4 is 0 Å². The first kappa shape index (κ1) is 32.2. The molecule has 6 nitrogen and oxygen atoms in total. The van der Waals surface area contributed by atoms with Gasteiger partial charge in [-0.3, -0.25) is 0 Å². The molecule has 0 aliphatic heterocycles. The van der Waals surface area contributed by atoms with Crippen molar-refractivity contribution in [2.75, 3.05) is 0 Å². The largest absolute Gasteiger partial charge is 0.228 e. The van der Waals surface area contributed by atoms with E-state index in [2.05, 4.69) is 36.4 Å². The van der Waals surface area contributed by atoms with Gasteiger partial charge >= 0.3 is 0 Å². The fraction of sp³-hybridized carbons (Fsp3) is 0. The number of nitriles is 1. The smallest absolute Gasteiger partial charge is 0.164 e. The maximum atomic E-state index is 9.87. The highest BCUT2D eigenvalue weighted by Crippen LogP contribution is 2.38. The van der Waals surface area contributed by atoms with E-state index in [1.54, 1.807) is 6.07 Å². The fourth-order valence-electron chi connectivity index (χ4n) is 7.44. The molecule has 0 atom stereocenters. The molecule has 8 aromatic carbocycles. The highest BCUT2D eigenvalue weighted by Gasteiger charge is 2.18. The normalized spacial score (nSPS) is 12.0. The van der Waals surface area contributed by atoms with Gasteiger partial charge in [0.15, 0.2) is 23.3 Å². The molecule has 10 aromatic rings. The van der Waals surface area contributed by atoms with Gasteiger partial charge in [0.2, 0.25) is 0 Å². The summed E-state index contributed by atoms with van der Waals surface area (Å²) in [6.07, 6.45) is 0. The van der Waals surface area contributed by atoms with E-state index in [1.807, 2.05) is 152 Å². The van der Waals surface area contributed by atoms with Gasteiger partial charge in [0.25, 0.3) is 0 Å². The molecular weight excluding hydrogens is 757 g/mol. The molecule has 0 saturated heterocycles. The molecule has 10 rings (SSSR count). The van der Waals surface area contributed by atoms with Crippen molar-refractivity contribution in [2.45, 2.75) is 0 Å². The summed E-state index contributed by atoms with van der Waals surface area (Å²) in [6.45, 7) is 0. The lowest BCUT2D eigenvalue weighted by Gasteiger charge is -2.15. The molecule has 0 aliphatic rings. The van der Waals surface area contributed by atoms with Crippen molar-refractivity contribution in [2.24, 2.45) is 0 Å². The summed E-state index contributed by atoms with van der Waals surface area (Å²) in [5.74, 6) is 0.980. The molecule has 0 unspecified atom stereocenters. The summed E-state index contributed by atoms with van der Waals surface area (Å²) in [7, 11) is 0. The van der Waals surface area contributed by atoms with E-state index < -0.39 is 30.2 Å². The Balaban J connectivity index is 1.13. The van der Waals surface area contributed by atoms with Crippen molar-refractivity contribution < 1.29 is 6.85 Å². The van der Waals surface area contributed by atoms with Crippen LogP contribution in [-0.4, -0.2) is 24.9 Å². The SMILES string of the molecule is [2H]c1c([2H])c([2H])c(-c2nc(-c3ccc(-c4ccc(-c5ccccc5)cc4-c4cc(-c5ccccc5)nc(-c5ccccc5)n4)cc3)nc(-c3cccc(-c4ccccc4C#N)c3)n2)c([2H])c1[2H]. The topological polar surface area (TPSA) is 88.2 Å². The first-order valence-electron chi connectivity index (χ1n) is 22.5. The third-order valence-electron chi connectivity index (χ3n) is 10.5. The number of aromatic nitrogens is 5. The molecule has 2 aromatic heterocycles. The molecule has 62 heavy (non-hydrogen) atoms. The first-order valence-corrected chi connectivity index (χ1v) is 20.0. The van der Waals surface area contributed by atoms with E-state index in [4.69, 9.17) is 31.8 Å². The molecule has 6 heteroatoms. The maximum Gasteiger partial charge on any atom is 0.164 e. The van der Waals surface area contributed by atoms with E-state index in [1.165, 1.54) is 0 Å². The molecule has 0 spiro atoms. The predicted molar refractivity (Wildman–Crippen MR) is 249 cm³/mol. The molecule has 0 amide bonds. The molecule has 0 saturated carbocycles. The van der Waals surface area contributed by atoms with Gasteiger partial charge in [-0.05, 0) is 57.6 Å². The molecule has 0 N–H and O–H groups in total. The molecule has 0 fully saturated rings. The van der Waals surface area contributed by atoms with Crippen LogP contribution in [0.4, 0.5) is 0 Å². The first-order chi connectivity index (χ1) is 32.7. The minimum absolute atomic E-state index is 0.0742. The zero-order valence-electron chi connectivity index (χ0n) is 38.1. The quantitative estimate of drug-likeness (QED) is 0.144. The summed E-state index contributed by atoms with van der Waals surface area (Å²) in [6, 6.07) is 61.0. The monoisotopic (exact) mass is 797 g/mol. The number of hydrogen-bond acceptors (Lipinski definition) is 6. The summed E-state index contributed by atoms with van der Waals surface area (Å²) < 4.78 is 42.7. The standard InChI is InChI=1S/C56H36N6/c57-37-47-24-13-14-27-48(47)45-25-15-26-46(34-45)56-61-54(42-22-11-4-12-23-42)60-55(62-56)43-30-28-39(29-31-43)49-33-32-44(38-16-5-1-6-17-38)35-50(49)52-36-51(40-18-7-2-8-19-40)58-53(59-52)41-20-9-3-10-21-41/h1-36H/i4D,11D,12D,22D,23D. The Labute approximate surface area is 367 Å². The Bertz CT molecular complexity index is 3440. The minimum Gasteiger partial charge on any atom is -0.228 e. The Morgan fingerprint density at radius 1 is 0.323 bits per heavy atom. The average molecular weight is 798 g/mol. The Morgan fingerprint density at radius 3 is 1.55 bits per heavy atom. The van der Waals surface area contributed by atoms with Crippen molar-refractivity contribution >= 4 is 0 Å². The summed E-state index contributed by atoms with van der Waals surface area (Å²) in [5, 5.41) is 9.87. The van der Waals surface area contributed by atoms with Gasteiger partial charge in [-0.2, -0.15) is 5.26 Å². The van der Waals surface area contributed by atoms with Crippen molar-refractivity contribution in [3.05, 3.63) is 224 Å². The van der Waals surface area contributed by atoms with Crippen LogP contribution in [0.25, 0.3) is 101 Å². The van der Waals surface area contributed by atoms with Crippen LogP contribution in [0.2, 0.25) is 0 Å². The molecule has 0 bridgehead atoms. The van der Waals surface area contributed by atoms with E-state index in [9.17, 15) is 5.26 Å². The van der Waals surface area contributed by atoms with Crippen LogP contribution in [0.1, 0.15) is 12.4 Å². The van der Waals surface area contributed by atoms with E-state index >= 15 is 0 Å². The minimum atomic E-state index is -0.515. The van der Waals surface area contributed by atoms with Crippen LogP contribution in [-0.2, 0) is 0 Å². The third kappa shape index (κ3) is 7.78. The van der Waals surface area contributed by atoms with Crippen LogP contribution in [0.3, 0.4) is 0 Å². The lowest BCUT2D eigenvalue weighted by atomic mass is 9.92. The van der Waals surface area contributed by atoms with Gasteiger partial charge in [-0.1, -0.05) is 194 Å². The number of nitrogens with zero attached hydrogens (tertiary/aromatic N) is 6. The van der Waals surface area contributed by atoms with Gasteiger partial charge in [0.05, 0.1) is 29.9 Å². The third-order valence-corrected chi connectivity index (χ3v) is 10.5. The summed E-state index contributed by atoms with van der Waals surface area (Å²) >= 11 is 0. The van der Waals surface area contributed by atoms with E-state index in [0.717, 1.165) is 61.5 Å². The van der Waals surface area contributed by atoms with Crippen molar-refractivity contribution in [3.8, 4) is 108 Å². The molecule has 290 valence electrons. The van der Waals surface area contributed by atoms with Gasteiger partial charge in [0, 0.05) is 33.4 Å². The number of hydrogen-bond donors (Lipinski definition) is 0. The van der Waals surface area contributed by atoms with Crippen LogP contribution in [0.15, 0.2) is 218 Å². The van der Waals surface area contributed by atoms with E-state index in [0.29, 0.717) is 22.5 Å². The molecular formula is C56H36N6. The molecule has 2 heterocycles.